The van der Waals surface area contributed by atoms with E-state index >= 15 is 0 Å². The SMILES string of the molecule is Cc1nc(NCCCc2nc(C)c(C)s2)c2cccnc2n1. The zero-order chi connectivity index (χ0) is 15.5. The summed E-state index contributed by atoms with van der Waals surface area (Å²) in [7, 11) is 0. The first kappa shape index (κ1) is 14.8. The van der Waals surface area contributed by atoms with Crippen LogP contribution in [0.25, 0.3) is 11.0 Å². The second-order valence-corrected chi connectivity index (χ2v) is 6.56. The average molecular weight is 313 g/mol. The van der Waals surface area contributed by atoms with Crippen molar-refractivity contribution in [3.63, 3.8) is 0 Å². The highest BCUT2D eigenvalue weighted by Crippen LogP contribution is 2.19. The highest BCUT2D eigenvalue weighted by molar-refractivity contribution is 7.11. The summed E-state index contributed by atoms with van der Waals surface area (Å²) in [5, 5.41) is 5.58. The Balaban J connectivity index is 1.64. The van der Waals surface area contributed by atoms with Crippen LogP contribution in [0.3, 0.4) is 0 Å². The zero-order valence-electron chi connectivity index (χ0n) is 13.1. The van der Waals surface area contributed by atoms with Gasteiger partial charge in [0.1, 0.15) is 11.6 Å². The zero-order valence-corrected chi connectivity index (χ0v) is 13.9. The van der Waals surface area contributed by atoms with Crippen LogP contribution in [0.1, 0.15) is 27.8 Å². The minimum Gasteiger partial charge on any atom is -0.369 e. The van der Waals surface area contributed by atoms with Gasteiger partial charge in [-0.25, -0.2) is 19.9 Å². The van der Waals surface area contributed by atoms with Crippen molar-refractivity contribution in [1.82, 2.24) is 19.9 Å². The number of nitrogens with zero attached hydrogens (tertiary/aromatic N) is 4. The molecule has 0 aliphatic rings. The molecule has 0 fully saturated rings. The highest BCUT2D eigenvalue weighted by atomic mass is 32.1. The van der Waals surface area contributed by atoms with Crippen molar-refractivity contribution in [2.24, 2.45) is 0 Å². The van der Waals surface area contributed by atoms with Crippen molar-refractivity contribution in [2.45, 2.75) is 33.6 Å². The first-order chi connectivity index (χ1) is 10.6. The third kappa shape index (κ3) is 3.22. The Morgan fingerprint density at radius 1 is 1.14 bits per heavy atom. The van der Waals surface area contributed by atoms with Gasteiger partial charge in [-0.2, -0.15) is 0 Å². The predicted octanol–water partition coefficient (Wildman–Crippen LogP) is 3.45. The van der Waals surface area contributed by atoms with Crippen molar-refractivity contribution >= 4 is 28.2 Å². The molecular formula is C16H19N5S. The molecule has 0 aliphatic carbocycles. The fourth-order valence-electron chi connectivity index (χ4n) is 2.30. The monoisotopic (exact) mass is 313 g/mol. The molecule has 0 saturated heterocycles. The molecular weight excluding hydrogens is 294 g/mol. The number of pyridine rings is 1. The van der Waals surface area contributed by atoms with Gasteiger partial charge in [-0.3, -0.25) is 0 Å². The molecule has 0 bridgehead atoms. The molecule has 22 heavy (non-hydrogen) atoms. The first-order valence-electron chi connectivity index (χ1n) is 7.39. The lowest BCUT2D eigenvalue weighted by Gasteiger charge is -2.08. The summed E-state index contributed by atoms with van der Waals surface area (Å²) in [6.45, 7) is 6.94. The van der Waals surface area contributed by atoms with Crippen LogP contribution in [-0.4, -0.2) is 26.5 Å². The van der Waals surface area contributed by atoms with Gasteiger partial charge in [0.25, 0.3) is 0 Å². The summed E-state index contributed by atoms with van der Waals surface area (Å²) in [4.78, 5) is 19.0. The van der Waals surface area contributed by atoms with E-state index in [1.54, 1.807) is 17.5 Å². The van der Waals surface area contributed by atoms with Gasteiger partial charge in [0.05, 0.1) is 16.1 Å². The van der Waals surface area contributed by atoms with E-state index in [9.17, 15) is 0 Å². The van der Waals surface area contributed by atoms with Crippen LogP contribution in [0.2, 0.25) is 0 Å². The van der Waals surface area contributed by atoms with Gasteiger partial charge < -0.3 is 5.32 Å². The number of hydrogen-bond acceptors (Lipinski definition) is 6. The largest absolute Gasteiger partial charge is 0.369 e. The molecule has 0 aromatic carbocycles. The van der Waals surface area contributed by atoms with Gasteiger partial charge in [-0.05, 0) is 39.3 Å². The lowest BCUT2D eigenvalue weighted by molar-refractivity contribution is 0.847. The smallest absolute Gasteiger partial charge is 0.164 e. The fourth-order valence-corrected chi connectivity index (χ4v) is 3.27. The van der Waals surface area contributed by atoms with E-state index < -0.39 is 0 Å². The summed E-state index contributed by atoms with van der Waals surface area (Å²) in [6, 6.07) is 3.91. The van der Waals surface area contributed by atoms with E-state index in [0.717, 1.165) is 47.8 Å². The van der Waals surface area contributed by atoms with Crippen LogP contribution in [0.4, 0.5) is 5.82 Å². The molecule has 3 heterocycles. The first-order valence-corrected chi connectivity index (χ1v) is 8.21. The maximum absolute atomic E-state index is 4.57. The van der Waals surface area contributed by atoms with E-state index in [1.165, 1.54) is 9.88 Å². The summed E-state index contributed by atoms with van der Waals surface area (Å²) in [5.74, 6) is 1.60. The Morgan fingerprint density at radius 3 is 2.77 bits per heavy atom. The molecule has 114 valence electrons. The van der Waals surface area contributed by atoms with Crippen LogP contribution in [0, 0.1) is 20.8 Å². The molecule has 3 aromatic heterocycles. The second-order valence-electron chi connectivity index (χ2n) is 5.27. The van der Waals surface area contributed by atoms with Gasteiger partial charge in [-0.1, -0.05) is 0 Å². The molecule has 0 atom stereocenters. The fraction of sp³-hybridized carbons (Fsp3) is 0.375. The molecule has 3 aromatic rings. The van der Waals surface area contributed by atoms with E-state index in [4.69, 9.17) is 0 Å². The molecule has 0 saturated carbocycles. The van der Waals surface area contributed by atoms with Gasteiger partial charge in [-0.15, -0.1) is 11.3 Å². The van der Waals surface area contributed by atoms with Gasteiger partial charge >= 0.3 is 0 Å². The maximum Gasteiger partial charge on any atom is 0.164 e. The van der Waals surface area contributed by atoms with Gasteiger partial charge in [0.15, 0.2) is 5.65 Å². The van der Waals surface area contributed by atoms with Crippen LogP contribution >= 0.6 is 11.3 Å². The predicted molar refractivity (Wildman–Crippen MR) is 90.5 cm³/mol. The number of nitrogens with one attached hydrogen (secondary N) is 1. The van der Waals surface area contributed by atoms with Crippen molar-refractivity contribution < 1.29 is 0 Å². The quantitative estimate of drug-likeness (QED) is 0.731. The molecule has 0 unspecified atom stereocenters. The number of anilines is 1. The minimum absolute atomic E-state index is 0.736. The number of aromatic nitrogens is 4. The number of aryl methyl sites for hydroxylation is 4. The van der Waals surface area contributed by atoms with Crippen molar-refractivity contribution in [2.75, 3.05) is 11.9 Å². The number of fused-ring (bicyclic) bond motifs is 1. The Hall–Kier alpha value is -2.08. The van der Waals surface area contributed by atoms with Crippen molar-refractivity contribution in [3.05, 3.63) is 39.7 Å². The Bertz CT molecular complexity index is 777. The summed E-state index contributed by atoms with van der Waals surface area (Å²) >= 11 is 1.79. The second kappa shape index (κ2) is 6.36. The number of thiazole rings is 1. The normalized spacial score (nSPS) is 11.0. The number of hydrogen-bond donors (Lipinski definition) is 1. The topological polar surface area (TPSA) is 63.6 Å². The van der Waals surface area contributed by atoms with Crippen LogP contribution < -0.4 is 5.32 Å². The van der Waals surface area contributed by atoms with Crippen molar-refractivity contribution in [3.8, 4) is 0 Å². The van der Waals surface area contributed by atoms with E-state index in [0.29, 0.717) is 0 Å². The lowest BCUT2D eigenvalue weighted by Crippen LogP contribution is -2.07. The number of rotatable bonds is 5. The minimum atomic E-state index is 0.736. The molecule has 6 heteroatoms. The lowest BCUT2D eigenvalue weighted by atomic mass is 10.3. The van der Waals surface area contributed by atoms with Gasteiger partial charge in [0.2, 0.25) is 0 Å². The third-order valence-corrected chi connectivity index (χ3v) is 4.65. The van der Waals surface area contributed by atoms with Crippen molar-refractivity contribution in [1.29, 1.82) is 0 Å². The van der Waals surface area contributed by atoms with Gasteiger partial charge in [0, 0.05) is 24.0 Å². The Labute approximate surface area is 133 Å². The molecule has 0 amide bonds. The van der Waals surface area contributed by atoms with E-state index in [2.05, 4.69) is 39.1 Å². The van der Waals surface area contributed by atoms with E-state index in [1.807, 2.05) is 19.1 Å². The summed E-state index contributed by atoms with van der Waals surface area (Å²) in [5.41, 5.74) is 1.89. The summed E-state index contributed by atoms with van der Waals surface area (Å²) < 4.78 is 0. The van der Waals surface area contributed by atoms with E-state index in [-0.39, 0.29) is 0 Å². The molecule has 0 aliphatic heterocycles. The molecule has 1 N–H and O–H groups in total. The highest BCUT2D eigenvalue weighted by Gasteiger charge is 2.06. The average Bonchev–Trinajstić information content (AvgIpc) is 2.82. The molecule has 0 spiro atoms. The maximum atomic E-state index is 4.57. The molecule has 3 rings (SSSR count). The standard InChI is InChI=1S/C16H19N5S/c1-10-11(2)22-14(19-10)7-5-9-18-16-13-6-4-8-17-15(13)20-12(3)21-16/h4,6,8H,5,7,9H2,1-3H3,(H,17,18,20,21). The third-order valence-electron chi connectivity index (χ3n) is 3.52. The Morgan fingerprint density at radius 2 is 2.00 bits per heavy atom. The molecule has 0 radical (unpaired) electrons. The molecule has 5 nitrogen and oxygen atoms in total. The van der Waals surface area contributed by atoms with Crippen LogP contribution in [0.5, 0.6) is 0 Å². The van der Waals surface area contributed by atoms with Crippen LogP contribution in [0.15, 0.2) is 18.3 Å². The Kier molecular flexibility index (Phi) is 4.29. The summed E-state index contributed by atoms with van der Waals surface area (Å²) in [6.07, 6.45) is 3.77. The van der Waals surface area contributed by atoms with Crippen LogP contribution in [-0.2, 0) is 6.42 Å².